The molecule has 1 aliphatic carbocycles. The Balaban J connectivity index is 1.76. The van der Waals surface area contributed by atoms with Gasteiger partial charge in [-0.15, -0.1) is 0 Å². The number of carbonyl (C=O) groups excluding carboxylic acids is 1. The summed E-state index contributed by atoms with van der Waals surface area (Å²) in [6.45, 7) is 0.0430. The highest BCUT2D eigenvalue weighted by Gasteiger charge is 2.55. The fraction of sp³-hybridized carbons (Fsp3) is 0.588. The Morgan fingerprint density at radius 1 is 1.21 bits per heavy atom. The van der Waals surface area contributed by atoms with Crippen molar-refractivity contribution in [2.45, 2.75) is 49.5 Å². The molecule has 1 unspecified atom stereocenters. The van der Waals surface area contributed by atoms with Crippen LogP contribution < -0.4 is 5.32 Å². The molecule has 0 spiro atoms. The fourth-order valence-electron chi connectivity index (χ4n) is 3.11. The van der Waals surface area contributed by atoms with E-state index in [9.17, 15) is 23.1 Å². The molecule has 2 fully saturated rings. The smallest absolute Gasteiger partial charge is 0.380 e. The molecule has 1 amide bonds. The Morgan fingerprint density at radius 3 is 2.29 bits per heavy atom. The summed E-state index contributed by atoms with van der Waals surface area (Å²) in [6.07, 6.45) is -3.59. The van der Waals surface area contributed by atoms with Gasteiger partial charge in [-0.05, 0) is 31.2 Å². The monoisotopic (exact) mass is 342 g/mol. The van der Waals surface area contributed by atoms with E-state index in [1.165, 1.54) is 0 Å². The average molecular weight is 342 g/mol. The largest absolute Gasteiger partial charge is 0.417 e. The van der Waals surface area contributed by atoms with E-state index in [1.54, 1.807) is 4.90 Å². The summed E-state index contributed by atoms with van der Waals surface area (Å²) in [5.41, 5.74) is -1.90. The number of rotatable bonds is 4. The minimum atomic E-state index is -4.64. The molecule has 2 aliphatic rings. The SMILES string of the molecule is O=C(NC1CC1)C(c1ccccc1)N1CCC(O)(C(F)(F)F)CC1. The van der Waals surface area contributed by atoms with Gasteiger partial charge in [0.05, 0.1) is 0 Å². The molecule has 24 heavy (non-hydrogen) atoms. The van der Waals surface area contributed by atoms with Gasteiger partial charge < -0.3 is 10.4 Å². The lowest BCUT2D eigenvalue weighted by Gasteiger charge is -2.41. The van der Waals surface area contributed by atoms with Crippen molar-refractivity contribution in [3.05, 3.63) is 35.9 Å². The second kappa shape index (κ2) is 6.37. The number of hydrogen-bond acceptors (Lipinski definition) is 3. The summed E-state index contributed by atoms with van der Waals surface area (Å²) < 4.78 is 38.9. The third kappa shape index (κ3) is 3.57. The predicted octanol–water partition coefficient (Wildman–Crippen LogP) is 2.40. The Labute approximate surface area is 138 Å². The van der Waals surface area contributed by atoms with Gasteiger partial charge in [0.25, 0.3) is 0 Å². The molecule has 3 rings (SSSR count). The molecule has 0 aromatic heterocycles. The van der Waals surface area contributed by atoms with Crippen molar-refractivity contribution in [1.82, 2.24) is 10.2 Å². The highest BCUT2D eigenvalue weighted by molar-refractivity contribution is 5.83. The minimum Gasteiger partial charge on any atom is -0.380 e. The maximum atomic E-state index is 13.0. The van der Waals surface area contributed by atoms with Crippen LogP contribution in [0.2, 0.25) is 0 Å². The van der Waals surface area contributed by atoms with Crippen LogP contribution in [0.15, 0.2) is 30.3 Å². The Morgan fingerprint density at radius 2 is 1.79 bits per heavy atom. The van der Waals surface area contributed by atoms with Crippen LogP contribution in [0.25, 0.3) is 0 Å². The van der Waals surface area contributed by atoms with Crippen LogP contribution >= 0.6 is 0 Å². The van der Waals surface area contributed by atoms with Crippen molar-refractivity contribution < 1.29 is 23.1 Å². The number of halogens is 3. The van der Waals surface area contributed by atoms with E-state index >= 15 is 0 Å². The first-order valence-corrected chi connectivity index (χ1v) is 8.19. The number of alkyl halides is 3. The van der Waals surface area contributed by atoms with Crippen LogP contribution in [-0.2, 0) is 4.79 Å². The highest BCUT2D eigenvalue weighted by Crippen LogP contribution is 2.40. The zero-order chi connectivity index (χ0) is 17.4. The molecule has 7 heteroatoms. The van der Waals surface area contributed by atoms with Crippen molar-refractivity contribution in [2.75, 3.05) is 13.1 Å². The van der Waals surface area contributed by atoms with E-state index in [4.69, 9.17) is 0 Å². The number of hydrogen-bond donors (Lipinski definition) is 2. The van der Waals surface area contributed by atoms with Gasteiger partial charge in [0, 0.05) is 19.1 Å². The molecular weight excluding hydrogens is 321 g/mol. The minimum absolute atomic E-state index is 0.0215. The van der Waals surface area contributed by atoms with Gasteiger partial charge >= 0.3 is 6.18 Å². The number of benzene rings is 1. The van der Waals surface area contributed by atoms with Crippen LogP contribution in [0.4, 0.5) is 13.2 Å². The lowest BCUT2D eigenvalue weighted by Crippen LogP contribution is -2.55. The second-order valence-electron chi connectivity index (χ2n) is 6.66. The van der Waals surface area contributed by atoms with E-state index in [-0.39, 0.29) is 25.0 Å². The van der Waals surface area contributed by atoms with Gasteiger partial charge in [-0.3, -0.25) is 9.69 Å². The van der Waals surface area contributed by atoms with Gasteiger partial charge in [0.2, 0.25) is 5.91 Å². The third-order valence-corrected chi connectivity index (χ3v) is 4.81. The maximum absolute atomic E-state index is 13.0. The number of aliphatic hydroxyl groups is 1. The number of piperidine rings is 1. The Kier molecular flexibility index (Phi) is 4.57. The Hall–Kier alpha value is -1.60. The van der Waals surface area contributed by atoms with Gasteiger partial charge in [-0.1, -0.05) is 30.3 Å². The third-order valence-electron chi connectivity index (χ3n) is 4.81. The lowest BCUT2D eigenvalue weighted by atomic mass is 9.89. The van der Waals surface area contributed by atoms with E-state index in [0.717, 1.165) is 18.4 Å². The summed E-state index contributed by atoms with van der Waals surface area (Å²) in [4.78, 5) is 14.3. The Bertz CT molecular complexity index is 579. The number of nitrogens with zero attached hydrogens (tertiary/aromatic N) is 1. The molecule has 1 aromatic carbocycles. The molecule has 1 heterocycles. The summed E-state index contributed by atoms with van der Waals surface area (Å²) >= 11 is 0. The molecule has 2 N–H and O–H groups in total. The van der Waals surface area contributed by atoms with Gasteiger partial charge in [0.15, 0.2) is 5.60 Å². The van der Waals surface area contributed by atoms with Gasteiger partial charge in [0.1, 0.15) is 6.04 Å². The summed E-state index contributed by atoms with van der Waals surface area (Å²) in [7, 11) is 0. The average Bonchev–Trinajstić information content (AvgIpc) is 3.33. The van der Waals surface area contributed by atoms with Crippen molar-refractivity contribution in [3.8, 4) is 0 Å². The molecule has 132 valence electrons. The highest BCUT2D eigenvalue weighted by atomic mass is 19.4. The molecule has 0 radical (unpaired) electrons. The van der Waals surface area contributed by atoms with Crippen LogP contribution in [0.1, 0.15) is 37.3 Å². The first-order valence-electron chi connectivity index (χ1n) is 8.19. The number of carbonyl (C=O) groups is 1. The van der Waals surface area contributed by atoms with Crippen LogP contribution in [0.5, 0.6) is 0 Å². The lowest BCUT2D eigenvalue weighted by molar-refractivity contribution is -0.273. The van der Waals surface area contributed by atoms with Crippen LogP contribution in [0.3, 0.4) is 0 Å². The second-order valence-corrected chi connectivity index (χ2v) is 6.66. The van der Waals surface area contributed by atoms with E-state index < -0.39 is 30.7 Å². The molecule has 1 saturated carbocycles. The zero-order valence-corrected chi connectivity index (χ0v) is 13.2. The van der Waals surface area contributed by atoms with Crippen molar-refractivity contribution in [1.29, 1.82) is 0 Å². The van der Waals surface area contributed by atoms with Crippen LogP contribution in [0, 0.1) is 0 Å². The van der Waals surface area contributed by atoms with Crippen molar-refractivity contribution in [2.24, 2.45) is 0 Å². The van der Waals surface area contributed by atoms with Crippen molar-refractivity contribution >= 4 is 5.91 Å². The first kappa shape index (κ1) is 17.2. The molecular formula is C17H21F3N2O2. The molecule has 0 bridgehead atoms. The quantitative estimate of drug-likeness (QED) is 0.883. The van der Waals surface area contributed by atoms with E-state index in [1.807, 2.05) is 30.3 Å². The standard InChI is InChI=1S/C17H21F3N2O2/c18-17(19,20)16(24)8-10-22(11-9-16)14(12-4-2-1-3-5-12)15(23)21-13-6-7-13/h1-5,13-14,24H,6-11H2,(H,21,23). The van der Waals surface area contributed by atoms with Gasteiger partial charge in [-0.25, -0.2) is 0 Å². The van der Waals surface area contributed by atoms with Crippen LogP contribution in [-0.4, -0.2) is 46.8 Å². The summed E-state index contributed by atoms with van der Waals surface area (Å²) in [6, 6.07) is 8.62. The first-order chi connectivity index (χ1) is 11.3. The van der Waals surface area contributed by atoms with E-state index in [2.05, 4.69) is 5.32 Å². The molecule has 1 aromatic rings. The number of nitrogens with one attached hydrogen (secondary N) is 1. The molecule has 1 atom stereocenters. The van der Waals surface area contributed by atoms with Gasteiger partial charge in [-0.2, -0.15) is 13.2 Å². The fourth-order valence-corrected chi connectivity index (χ4v) is 3.11. The summed E-state index contributed by atoms with van der Waals surface area (Å²) in [5, 5.41) is 12.8. The zero-order valence-electron chi connectivity index (χ0n) is 13.2. The van der Waals surface area contributed by atoms with E-state index in [0.29, 0.717) is 0 Å². The maximum Gasteiger partial charge on any atom is 0.417 e. The molecule has 4 nitrogen and oxygen atoms in total. The normalized spacial score (nSPS) is 22.8. The topological polar surface area (TPSA) is 52.6 Å². The van der Waals surface area contributed by atoms with Crippen molar-refractivity contribution in [3.63, 3.8) is 0 Å². The molecule has 1 aliphatic heterocycles. The predicted molar refractivity (Wildman–Crippen MR) is 82.2 cm³/mol. The number of likely N-dealkylation sites (tertiary alicyclic amines) is 1. The summed E-state index contributed by atoms with van der Waals surface area (Å²) in [5.74, 6) is -0.179. The number of amides is 1. The molecule has 1 saturated heterocycles.